The second-order valence-corrected chi connectivity index (χ2v) is 8.31. The van der Waals surface area contributed by atoms with Crippen molar-refractivity contribution >= 4 is 16.0 Å². The van der Waals surface area contributed by atoms with Crippen molar-refractivity contribution in [3.05, 3.63) is 66.2 Å². The maximum atomic E-state index is 12.7. The van der Waals surface area contributed by atoms with E-state index >= 15 is 0 Å². The van der Waals surface area contributed by atoms with Gasteiger partial charge in [-0.05, 0) is 30.5 Å². The van der Waals surface area contributed by atoms with E-state index in [0.29, 0.717) is 12.8 Å². The molecule has 0 bridgehead atoms. The highest BCUT2D eigenvalue weighted by Crippen LogP contribution is 2.23. The summed E-state index contributed by atoms with van der Waals surface area (Å²) < 4.78 is 28.2. The largest absolute Gasteiger partial charge is 0.481 e. The molecule has 0 radical (unpaired) electrons. The number of hydrogen-bond donors (Lipinski definition) is 2. The lowest BCUT2D eigenvalue weighted by Gasteiger charge is -2.19. The maximum absolute atomic E-state index is 12.7. The number of hydrogen-bond acceptors (Lipinski definition) is 3. The van der Waals surface area contributed by atoms with Gasteiger partial charge in [0, 0.05) is 12.5 Å². The van der Waals surface area contributed by atoms with Gasteiger partial charge in [0.15, 0.2) is 0 Å². The van der Waals surface area contributed by atoms with Gasteiger partial charge in [0.25, 0.3) is 0 Å². The molecule has 2 rings (SSSR count). The number of nitrogens with one attached hydrogen (secondary N) is 1. The van der Waals surface area contributed by atoms with Crippen LogP contribution in [0, 0.1) is 0 Å². The zero-order valence-corrected chi connectivity index (χ0v) is 16.2. The molecule has 2 N–H and O–H groups in total. The lowest BCUT2D eigenvalue weighted by atomic mass is 10.0. The van der Waals surface area contributed by atoms with E-state index in [-0.39, 0.29) is 17.4 Å². The van der Waals surface area contributed by atoms with Crippen molar-refractivity contribution in [2.24, 2.45) is 0 Å². The summed E-state index contributed by atoms with van der Waals surface area (Å²) in [6.45, 7) is 0. The van der Waals surface area contributed by atoms with E-state index in [1.807, 2.05) is 30.3 Å². The van der Waals surface area contributed by atoms with Crippen LogP contribution in [0.2, 0.25) is 0 Å². The van der Waals surface area contributed by atoms with Crippen LogP contribution < -0.4 is 4.72 Å². The average Bonchev–Trinajstić information content (AvgIpc) is 2.67. The highest BCUT2D eigenvalue weighted by molar-refractivity contribution is 7.89. The average molecular weight is 390 g/mol. The summed E-state index contributed by atoms with van der Waals surface area (Å²) in [6.07, 6.45) is 5.29. The minimum Gasteiger partial charge on any atom is -0.481 e. The highest BCUT2D eigenvalue weighted by atomic mass is 32.2. The zero-order chi connectivity index (χ0) is 19.5. The summed E-state index contributed by atoms with van der Waals surface area (Å²) in [4.78, 5) is 10.8. The highest BCUT2D eigenvalue weighted by Gasteiger charge is 2.20. The van der Waals surface area contributed by atoms with Gasteiger partial charge in [-0.3, -0.25) is 4.79 Å². The van der Waals surface area contributed by atoms with Gasteiger partial charge in [0.2, 0.25) is 10.0 Å². The molecule has 1 atom stereocenters. The van der Waals surface area contributed by atoms with Crippen LogP contribution in [0.4, 0.5) is 0 Å². The number of carbonyl (C=O) groups is 1. The third-order valence-electron chi connectivity index (χ3n) is 4.44. The second-order valence-electron chi connectivity index (χ2n) is 6.60. The first-order valence-electron chi connectivity index (χ1n) is 9.33. The van der Waals surface area contributed by atoms with E-state index in [1.165, 1.54) is 0 Å². The number of unbranched alkanes of at least 4 members (excludes halogenated alkanes) is 4. The third-order valence-corrected chi connectivity index (χ3v) is 5.92. The predicted molar refractivity (Wildman–Crippen MR) is 106 cm³/mol. The standard InChI is InChI=1S/C21H27NO4S/c23-21(24)17-11-3-1-2-10-16-20(18-12-6-4-7-13-18)22-27(25,26)19-14-8-5-9-15-19/h4-9,12-15,20,22H,1-3,10-11,16-17H2,(H,23,24). The van der Waals surface area contributed by atoms with Crippen molar-refractivity contribution in [1.82, 2.24) is 4.72 Å². The Morgan fingerprint density at radius 3 is 2.04 bits per heavy atom. The number of aliphatic carboxylic acids is 1. The Kier molecular flexibility index (Phi) is 8.48. The summed E-state index contributed by atoms with van der Waals surface area (Å²) in [7, 11) is -3.58. The Morgan fingerprint density at radius 1 is 0.852 bits per heavy atom. The minimum atomic E-state index is -3.58. The van der Waals surface area contributed by atoms with Crippen molar-refractivity contribution in [3.63, 3.8) is 0 Å². The zero-order valence-electron chi connectivity index (χ0n) is 15.4. The van der Waals surface area contributed by atoms with E-state index in [0.717, 1.165) is 31.2 Å². The molecule has 2 aromatic carbocycles. The first-order valence-corrected chi connectivity index (χ1v) is 10.8. The van der Waals surface area contributed by atoms with Gasteiger partial charge in [-0.25, -0.2) is 13.1 Å². The Bertz CT molecular complexity index is 791. The summed E-state index contributed by atoms with van der Waals surface area (Å²) in [6, 6.07) is 17.7. The molecule has 0 aliphatic rings. The fourth-order valence-corrected chi connectivity index (χ4v) is 4.27. The maximum Gasteiger partial charge on any atom is 0.303 e. The molecule has 0 aliphatic heterocycles. The molecule has 27 heavy (non-hydrogen) atoms. The summed E-state index contributed by atoms with van der Waals surface area (Å²) in [5.41, 5.74) is 0.947. The monoisotopic (exact) mass is 389 g/mol. The summed E-state index contributed by atoms with van der Waals surface area (Å²) >= 11 is 0. The van der Waals surface area contributed by atoms with E-state index in [1.54, 1.807) is 30.3 Å². The normalized spacial score (nSPS) is 12.6. The molecule has 0 fully saturated rings. The van der Waals surface area contributed by atoms with E-state index in [9.17, 15) is 13.2 Å². The van der Waals surface area contributed by atoms with Gasteiger partial charge in [0.05, 0.1) is 4.90 Å². The number of sulfonamides is 1. The molecular formula is C21H27NO4S. The fraction of sp³-hybridized carbons (Fsp3) is 0.381. The molecule has 0 heterocycles. The lowest BCUT2D eigenvalue weighted by molar-refractivity contribution is -0.137. The molecule has 6 heteroatoms. The van der Waals surface area contributed by atoms with Gasteiger partial charge in [-0.1, -0.05) is 74.2 Å². The van der Waals surface area contributed by atoms with Crippen molar-refractivity contribution in [2.75, 3.05) is 0 Å². The molecular weight excluding hydrogens is 362 g/mol. The Hall–Kier alpha value is -2.18. The van der Waals surface area contributed by atoms with Crippen LogP contribution in [0.15, 0.2) is 65.6 Å². The number of carboxylic acid groups (broad SMARTS) is 1. The Morgan fingerprint density at radius 2 is 1.41 bits per heavy atom. The second kappa shape index (κ2) is 10.8. The first kappa shape index (κ1) is 21.1. The molecule has 0 aromatic heterocycles. The number of carboxylic acids is 1. The van der Waals surface area contributed by atoms with Crippen LogP contribution in [0.1, 0.15) is 56.6 Å². The van der Waals surface area contributed by atoms with Crippen LogP contribution in [-0.2, 0) is 14.8 Å². The molecule has 0 spiro atoms. The lowest BCUT2D eigenvalue weighted by Crippen LogP contribution is -2.28. The van der Waals surface area contributed by atoms with Crippen LogP contribution in [-0.4, -0.2) is 19.5 Å². The van der Waals surface area contributed by atoms with Crippen molar-refractivity contribution in [1.29, 1.82) is 0 Å². The summed E-state index contributed by atoms with van der Waals surface area (Å²) in [5.74, 6) is -0.755. The van der Waals surface area contributed by atoms with E-state index < -0.39 is 16.0 Å². The van der Waals surface area contributed by atoms with Crippen LogP contribution in [0.25, 0.3) is 0 Å². The first-order chi connectivity index (χ1) is 13.0. The van der Waals surface area contributed by atoms with Gasteiger partial charge in [0.1, 0.15) is 0 Å². The van der Waals surface area contributed by atoms with Gasteiger partial charge < -0.3 is 5.11 Å². The van der Waals surface area contributed by atoms with Crippen LogP contribution in [0.5, 0.6) is 0 Å². The minimum absolute atomic E-state index is 0.212. The fourth-order valence-electron chi connectivity index (χ4n) is 2.99. The van der Waals surface area contributed by atoms with Gasteiger partial charge in [-0.15, -0.1) is 0 Å². The van der Waals surface area contributed by atoms with Gasteiger partial charge >= 0.3 is 5.97 Å². The SMILES string of the molecule is O=C(O)CCCCCCCC(NS(=O)(=O)c1ccccc1)c1ccccc1. The quantitative estimate of drug-likeness (QED) is 0.523. The Balaban J connectivity index is 1.94. The predicted octanol–water partition coefficient (Wildman–Crippen LogP) is 4.52. The van der Waals surface area contributed by atoms with Crippen LogP contribution >= 0.6 is 0 Å². The molecule has 0 saturated carbocycles. The molecule has 1 unspecified atom stereocenters. The molecule has 0 saturated heterocycles. The van der Waals surface area contributed by atoms with E-state index in [4.69, 9.17) is 5.11 Å². The number of rotatable bonds is 12. The Labute approximate surface area is 161 Å². The molecule has 5 nitrogen and oxygen atoms in total. The molecule has 0 aliphatic carbocycles. The smallest absolute Gasteiger partial charge is 0.303 e. The topological polar surface area (TPSA) is 83.5 Å². The van der Waals surface area contributed by atoms with Gasteiger partial charge in [-0.2, -0.15) is 0 Å². The molecule has 0 amide bonds. The van der Waals surface area contributed by atoms with Crippen molar-refractivity contribution < 1.29 is 18.3 Å². The van der Waals surface area contributed by atoms with Crippen molar-refractivity contribution in [3.8, 4) is 0 Å². The van der Waals surface area contributed by atoms with Crippen molar-refractivity contribution in [2.45, 2.75) is 55.9 Å². The molecule has 2 aromatic rings. The van der Waals surface area contributed by atoms with Crippen LogP contribution in [0.3, 0.4) is 0 Å². The van der Waals surface area contributed by atoms with E-state index in [2.05, 4.69) is 4.72 Å². The summed E-state index contributed by atoms with van der Waals surface area (Å²) in [5, 5.41) is 8.65. The third kappa shape index (κ3) is 7.53. The molecule has 146 valence electrons. The number of benzene rings is 2.